The molecule has 0 spiro atoms. The van der Waals surface area contributed by atoms with Crippen LogP contribution in [0.2, 0.25) is 0 Å². The van der Waals surface area contributed by atoms with E-state index in [1.165, 1.54) is 12.3 Å². The standard InChI is InChI=1S/C12H15N5O2S/c1-9-14-7-5-10(17-9)8-16-20(18,19)11-4-3-6-15-12(11)13-2/h3-7,16H,8H2,1-2H3,(H,13,15). The molecule has 0 aliphatic heterocycles. The van der Waals surface area contributed by atoms with Crippen LogP contribution < -0.4 is 10.0 Å². The monoisotopic (exact) mass is 293 g/mol. The van der Waals surface area contributed by atoms with Crippen LogP contribution in [-0.4, -0.2) is 30.4 Å². The lowest BCUT2D eigenvalue weighted by Gasteiger charge is -2.10. The van der Waals surface area contributed by atoms with Gasteiger partial charge in [-0.25, -0.2) is 28.1 Å². The quantitative estimate of drug-likeness (QED) is 0.842. The number of aromatic nitrogens is 3. The molecule has 8 heteroatoms. The Bertz CT molecular complexity index is 702. The summed E-state index contributed by atoms with van der Waals surface area (Å²) in [6, 6.07) is 4.73. The van der Waals surface area contributed by atoms with Crippen molar-refractivity contribution in [3.05, 3.63) is 42.1 Å². The van der Waals surface area contributed by atoms with E-state index in [1.807, 2.05) is 0 Å². The van der Waals surface area contributed by atoms with Gasteiger partial charge >= 0.3 is 0 Å². The van der Waals surface area contributed by atoms with E-state index in [0.29, 0.717) is 17.3 Å². The zero-order valence-electron chi connectivity index (χ0n) is 11.2. The molecule has 0 saturated heterocycles. The number of aryl methyl sites for hydroxylation is 1. The molecule has 2 rings (SSSR count). The fourth-order valence-electron chi connectivity index (χ4n) is 1.65. The van der Waals surface area contributed by atoms with Gasteiger partial charge in [0, 0.05) is 19.4 Å². The Kier molecular flexibility index (Phi) is 4.26. The van der Waals surface area contributed by atoms with Gasteiger partial charge in [-0.15, -0.1) is 0 Å². The largest absolute Gasteiger partial charge is 0.372 e. The van der Waals surface area contributed by atoms with Crippen LogP contribution in [0.3, 0.4) is 0 Å². The number of rotatable bonds is 5. The summed E-state index contributed by atoms with van der Waals surface area (Å²) in [4.78, 5) is 12.2. The normalized spacial score (nSPS) is 11.3. The Labute approximate surface area is 117 Å². The fourth-order valence-corrected chi connectivity index (χ4v) is 2.81. The number of sulfonamides is 1. The van der Waals surface area contributed by atoms with Crippen molar-refractivity contribution in [2.75, 3.05) is 12.4 Å². The molecule has 20 heavy (non-hydrogen) atoms. The van der Waals surface area contributed by atoms with Crippen LogP contribution in [0, 0.1) is 6.92 Å². The predicted octanol–water partition coefficient (Wildman–Crippen LogP) is 0.700. The van der Waals surface area contributed by atoms with Crippen molar-refractivity contribution in [1.82, 2.24) is 19.7 Å². The first-order valence-electron chi connectivity index (χ1n) is 5.94. The molecule has 0 atom stereocenters. The molecule has 0 amide bonds. The molecule has 0 unspecified atom stereocenters. The molecule has 106 valence electrons. The van der Waals surface area contributed by atoms with Crippen molar-refractivity contribution in [2.45, 2.75) is 18.4 Å². The van der Waals surface area contributed by atoms with Crippen LogP contribution >= 0.6 is 0 Å². The summed E-state index contributed by atoms with van der Waals surface area (Å²) in [7, 11) is -2.03. The Hall–Kier alpha value is -2.06. The van der Waals surface area contributed by atoms with Crippen molar-refractivity contribution in [1.29, 1.82) is 0 Å². The average molecular weight is 293 g/mol. The molecule has 0 bridgehead atoms. The fraction of sp³-hybridized carbons (Fsp3) is 0.250. The van der Waals surface area contributed by atoms with Gasteiger partial charge in [-0.3, -0.25) is 0 Å². The first kappa shape index (κ1) is 14.4. The van der Waals surface area contributed by atoms with Gasteiger partial charge in [-0.05, 0) is 25.1 Å². The molecule has 0 aliphatic rings. The zero-order chi connectivity index (χ0) is 14.6. The number of nitrogens with one attached hydrogen (secondary N) is 2. The van der Waals surface area contributed by atoms with Gasteiger partial charge < -0.3 is 5.32 Å². The van der Waals surface area contributed by atoms with Crippen LogP contribution in [-0.2, 0) is 16.6 Å². The molecular weight excluding hydrogens is 278 g/mol. The average Bonchev–Trinajstić information content (AvgIpc) is 2.45. The minimum atomic E-state index is -3.65. The summed E-state index contributed by atoms with van der Waals surface area (Å²) in [5.74, 6) is 0.901. The first-order valence-corrected chi connectivity index (χ1v) is 7.42. The summed E-state index contributed by atoms with van der Waals surface area (Å²) in [5.41, 5.74) is 0.607. The van der Waals surface area contributed by atoms with E-state index in [0.717, 1.165) is 0 Å². The lowest BCUT2D eigenvalue weighted by molar-refractivity contribution is 0.580. The third-order valence-electron chi connectivity index (χ3n) is 2.57. The second-order valence-electron chi connectivity index (χ2n) is 4.02. The van der Waals surface area contributed by atoms with Crippen molar-refractivity contribution in [2.24, 2.45) is 0 Å². The Morgan fingerprint density at radius 1 is 1.20 bits per heavy atom. The lowest BCUT2D eigenvalue weighted by Crippen LogP contribution is -2.25. The smallest absolute Gasteiger partial charge is 0.244 e. The summed E-state index contributed by atoms with van der Waals surface area (Å²) >= 11 is 0. The summed E-state index contributed by atoms with van der Waals surface area (Å²) in [6.07, 6.45) is 3.12. The van der Waals surface area contributed by atoms with Gasteiger partial charge in [0.15, 0.2) is 0 Å². The molecule has 2 heterocycles. The van der Waals surface area contributed by atoms with Crippen molar-refractivity contribution < 1.29 is 8.42 Å². The number of hydrogen-bond acceptors (Lipinski definition) is 6. The van der Waals surface area contributed by atoms with Crippen LogP contribution in [0.25, 0.3) is 0 Å². The third-order valence-corrected chi connectivity index (χ3v) is 4.01. The minimum absolute atomic E-state index is 0.101. The van der Waals surface area contributed by atoms with Gasteiger partial charge in [0.25, 0.3) is 0 Å². The first-order chi connectivity index (χ1) is 9.53. The van der Waals surface area contributed by atoms with Gasteiger partial charge in [0.1, 0.15) is 16.5 Å². The van der Waals surface area contributed by atoms with Crippen molar-refractivity contribution in [3.63, 3.8) is 0 Å². The number of hydrogen-bond donors (Lipinski definition) is 2. The lowest BCUT2D eigenvalue weighted by atomic mass is 10.4. The van der Waals surface area contributed by atoms with Gasteiger partial charge in [-0.2, -0.15) is 0 Å². The topological polar surface area (TPSA) is 96.9 Å². The highest BCUT2D eigenvalue weighted by Gasteiger charge is 2.18. The number of anilines is 1. The van der Waals surface area contributed by atoms with Crippen molar-refractivity contribution in [3.8, 4) is 0 Å². The van der Waals surface area contributed by atoms with Crippen molar-refractivity contribution >= 4 is 15.8 Å². The van der Waals surface area contributed by atoms with E-state index < -0.39 is 10.0 Å². The molecule has 0 radical (unpaired) electrons. The zero-order valence-corrected chi connectivity index (χ0v) is 12.0. The van der Waals surface area contributed by atoms with E-state index in [1.54, 1.807) is 32.3 Å². The molecule has 0 aromatic carbocycles. The SMILES string of the molecule is CNc1ncccc1S(=O)(=O)NCc1ccnc(C)n1. The van der Waals surface area contributed by atoms with Gasteiger partial charge in [-0.1, -0.05) is 0 Å². The van der Waals surface area contributed by atoms with E-state index in [-0.39, 0.29) is 11.4 Å². The minimum Gasteiger partial charge on any atom is -0.372 e. The maximum absolute atomic E-state index is 12.2. The van der Waals surface area contributed by atoms with E-state index in [2.05, 4.69) is 25.0 Å². The molecule has 7 nitrogen and oxygen atoms in total. The van der Waals surface area contributed by atoms with Crippen LogP contribution in [0.15, 0.2) is 35.5 Å². The third kappa shape index (κ3) is 3.28. The van der Waals surface area contributed by atoms with E-state index in [9.17, 15) is 8.42 Å². The highest BCUT2D eigenvalue weighted by atomic mass is 32.2. The number of nitrogens with zero attached hydrogens (tertiary/aromatic N) is 3. The predicted molar refractivity (Wildman–Crippen MR) is 74.6 cm³/mol. The van der Waals surface area contributed by atoms with Crippen LogP contribution in [0.5, 0.6) is 0 Å². The summed E-state index contributed by atoms with van der Waals surface area (Å²) in [5, 5.41) is 2.75. The van der Waals surface area contributed by atoms with E-state index in [4.69, 9.17) is 0 Å². The molecule has 0 aliphatic carbocycles. The second-order valence-corrected chi connectivity index (χ2v) is 5.76. The summed E-state index contributed by atoms with van der Waals surface area (Å²) < 4.78 is 27.0. The maximum atomic E-state index is 12.2. The van der Waals surface area contributed by atoms with Gasteiger partial charge in [0.2, 0.25) is 10.0 Å². The Morgan fingerprint density at radius 3 is 2.70 bits per heavy atom. The van der Waals surface area contributed by atoms with E-state index >= 15 is 0 Å². The molecule has 0 saturated carbocycles. The molecule has 2 aromatic rings. The van der Waals surface area contributed by atoms with Crippen LogP contribution in [0.1, 0.15) is 11.5 Å². The molecule has 0 fully saturated rings. The summed E-state index contributed by atoms with van der Waals surface area (Å²) in [6.45, 7) is 1.85. The second kappa shape index (κ2) is 5.93. The molecule has 2 aromatic heterocycles. The highest BCUT2D eigenvalue weighted by Crippen LogP contribution is 2.17. The Balaban J connectivity index is 2.19. The maximum Gasteiger partial charge on any atom is 0.244 e. The highest BCUT2D eigenvalue weighted by molar-refractivity contribution is 7.89. The molecular formula is C12H15N5O2S. The molecule has 2 N–H and O–H groups in total. The number of pyridine rings is 1. The van der Waals surface area contributed by atoms with Gasteiger partial charge in [0.05, 0.1) is 12.2 Å². The Morgan fingerprint density at radius 2 is 2.00 bits per heavy atom. The van der Waals surface area contributed by atoms with Crippen LogP contribution in [0.4, 0.5) is 5.82 Å².